The van der Waals surface area contributed by atoms with Gasteiger partial charge in [-0.1, -0.05) is 18.2 Å². The van der Waals surface area contributed by atoms with Gasteiger partial charge >= 0.3 is 0 Å². The molecular weight excluding hydrogens is 278 g/mol. The summed E-state index contributed by atoms with van der Waals surface area (Å²) in [7, 11) is 2.11. The van der Waals surface area contributed by atoms with Gasteiger partial charge < -0.3 is 15.1 Å². The lowest BCUT2D eigenvalue weighted by Gasteiger charge is -2.32. The van der Waals surface area contributed by atoms with Crippen molar-refractivity contribution in [1.82, 2.24) is 14.9 Å². The van der Waals surface area contributed by atoms with Crippen LogP contribution < -0.4 is 10.2 Å². The minimum absolute atomic E-state index is 0.198. The number of hydrogen-bond acceptors (Lipinski definition) is 5. The molecule has 2 heterocycles. The molecule has 1 saturated heterocycles. The Kier molecular flexibility index (Phi) is 4.29. The molecule has 22 heavy (non-hydrogen) atoms. The number of benzene rings is 1. The number of piperazine rings is 1. The molecule has 1 fully saturated rings. The van der Waals surface area contributed by atoms with Gasteiger partial charge in [0.05, 0.1) is 5.56 Å². The van der Waals surface area contributed by atoms with Crippen molar-refractivity contribution in [2.75, 3.05) is 43.4 Å². The molecule has 1 aromatic heterocycles. The van der Waals surface area contributed by atoms with Gasteiger partial charge in [0.1, 0.15) is 0 Å². The Bertz CT molecular complexity index is 621. The van der Waals surface area contributed by atoms with Crippen LogP contribution in [0.1, 0.15) is 10.4 Å². The molecule has 2 aromatic rings. The third kappa shape index (κ3) is 3.40. The molecule has 6 nitrogen and oxygen atoms in total. The summed E-state index contributed by atoms with van der Waals surface area (Å²) >= 11 is 0. The summed E-state index contributed by atoms with van der Waals surface area (Å²) in [6, 6.07) is 9.35. The predicted octanol–water partition coefficient (Wildman–Crippen LogP) is 1.48. The molecule has 3 rings (SSSR count). The Morgan fingerprint density at radius 1 is 1.05 bits per heavy atom. The quantitative estimate of drug-likeness (QED) is 0.930. The normalized spacial score (nSPS) is 15.6. The number of nitrogens with zero attached hydrogens (tertiary/aromatic N) is 4. The summed E-state index contributed by atoms with van der Waals surface area (Å²) in [5.74, 6) is 0.487. The van der Waals surface area contributed by atoms with E-state index in [1.165, 1.54) is 0 Å². The summed E-state index contributed by atoms with van der Waals surface area (Å²) in [5, 5.41) is 2.82. The van der Waals surface area contributed by atoms with Crippen LogP contribution in [-0.4, -0.2) is 54.0 Å². The molecule has 1 amide bonds. The average molecular weight is 297 g/mol. The third-order valence-electron chi connectivity index (χ3n) is 3.72. The highest BCUT2D eigenvalue weighted by Crippen LogP contribution is 2.12. The first kappa shape index (κ1) is 14.5. The van der Waals surface area contributed by atoms with Crippen molar-refractivity contribution < 1.29 is 4.79 Å². The van der Waals surface area contributed by atoms with E-state index in [9.17, 15) is 4.79 Å². The molecule has 0 spiro atoms. The van der Waals surface area contributed by atoms with Crippen molar-refractivity contribution in [2.45, 2.75) is 0 Å². The largest absolute Gasteiger partial charge is 0.338 e. The van der Waals surface area contributed by atoms with Crippen LogP contribution in [0.2, 0.25) is 0 Å². The van der Waals surface area contributed by atoms with Crippen molar-refractivity contribution in [3.05, 3.63) is 48.3 Å². The smallest absolute Gasteiger partial charge is 0.258 e. The Labute approximate surface area is 129 Å². The van der Waals surface area contributed by atoms with Gasteiger partial charge in [-0.3, -0.25) is 4.79 Å². The van der Waals surface area contributed by atoms with E-state index < -0.39 is 0 Å². The first-order valence-electron chi connectivity index (χ1n) is 7.34. The third-order valence-corrected chi connectivity index (χ3v) is 3.72. The summed E-state index contributed by atoms with van der Waals surface area (Å²) < 4.78 is 0. The molecule has 1 aliphatic heterocycles. The number of carbonyl (C=O) groups excluding carboxylic acids is 1. The van der Waals surface area contributed by atoms with Crippen molar-refractivity contribution in [3.8, 4) is 0 Å². The highest BCUT2D eigenvalue weighted by molar-refractivity contribution is 6.03. The molecule has 0 unspecified atom stereocenters. The van der Waals surface area contributed by atoms with Crippen molar-refractivity contribution in [3.63, 3.8) is 0 Å². The fraction of sp³-hybridized carbons (Fsp3) is 0.312. The first-order valence-corrected chi connectivity index (χ1v) is 7.34. The minimum atomic E-state index is -0.198. The van der Waals surface area contributed by atoms with Gasteiger partial charge in [0.15, 0.2) is 0 Å². The van der Waals surface area contributed by atoms with Gasteiger partial charge in [-0.25, -0.2) is 9.97 Å². The fourth-order valence-electron chi connectivity index (χ4n) is 2.33. The lowest BCUT2D eigenvalue weighted by Crippen LogP contribution is -2.45. The number of carbonyl (C=O) groups is 1. The van der Waals surface area contributed by atoms with Crippen LogP contribution in [-0.2, 0) is 0 Å². The van der Waals surface area contributed by atoms with Crippen LogP contribution >= 0.6 is 0 Å². The van der Waals surface area contributed by atoms with Gasteiger partial charge in [-0.2, -0.15) is 0 Å². The van der Waals surface area contributed by atoms with Crippen LogP contribution in [0.5, 0.6) is 0 Å². The van der Waals surface area contributed by atoms with E-state index in [1.54, 1.807) is 12.4 Å². The molecule has 1 N–H and O–H groups in total. The van der Waals surface area contributed by atoms with E-state index in [4.69, 9.17) is 0 Å². The Morgan fingerprint density at radius 3 is 2.32 bits per heavy atom. The second-order valence-electron chi connectivity index (χ2n) is 5.38. The zero-order valence-corrected chi connectivity index (χ0v) is 12.6. The first-order chi connectivity index (χ1) is 10.7. The zero-order chi connectivity index (χ0) is 15.4. The molecular formula is C16H19N5O. The Balaban J connectivity index is 1.65. The maximum absolute atomic E-state index is 12.1. The van der Waals surface area contributed by atoms with E-state index in [1.807, 2.05) is 30.3 Å². The summed E-state index contributed by atoms with van der Waals surface area (Å²) in [5.41, 5.74) is 1.22. The lowest BCUT2D eigenvalue weighted by molar-refractivity contribution is 0.102. The van der Waals surface area contributed by atoms with Crippen molar-refractivity contribution in [1.29, 1.82) is 0 Å². The van der Waals surface area contributed by atoms with Gasteiger partial charge in [0.25, 0.3) is 5.91 Å². The molecule has 6 heteroatoms. The molecule has 1 aliphatic rings. The predicted molar refractivity (Wildman–Crippen MR) is 86.1 cm³/mol. The van der Waals surface area contributed by atoms with Gasteiger partial charge in [-0.05, 0) is 19.2 Å². The number of anilines is 2. The van der Waals surface area contributed by atoms with E-state index in [0.717, 1.165) is 31.9 Å². The van der Waals surface area contributed by atoms with Crippen LogP contribution in [0.25, 0.3) is 0 Å². The second kappa shape index (κ2) is 6.53. The Hall–Kier alpha value is -2.47. The number of para-hydroxylation sites is 1. The Morgan fingerprint density at radius 2 is 1.68 bits per heavy atom. The molecule has 0 atom stereocenters. The van der Waals surface area contributed by atoms with Crippen LogP contribution in [0.4, 0.5) is 11.6 Å². The van der Waals surface area contributed by atoms with Gasteiger partial charge in [0.2, 0.25) is 5.95 Å². The summed E-state index contributed by atoms with van der Waals surface area (Å²) in [4.78, 5) is 25.2. The highest BCUT2D eigenvalue weighted by atomic mass is 16.1. The number of amides is 1. The lowest BCUT2D eigenvalue weighted by atomic mass is 10.3. The number of rotatable bonds is 3. The monoisotopic (exact) mass is 297 g/mol. The fourth-order valence-corrected chi connectivity index (χ4v) is 2.33. The molecule has 0 aliphatic carbocycles. The molecule has 0 saturated carbocycles. The number of likely N-dealkylation sites (N-methyl/N-ethyl adjacent to an activating group) is 1. The van der Waals surface area contributed by atoms with Gasteiger partial charge in [-0.15, -0.1) is 0 Å². The van der Waals surface area contributed by atoms with Crippen LogP contribution in [0.15, 0.2) is 42.7 Å². The van der Waals surface area contributed by atoms with Crippen molar-refractivity contribution in [2.24, 2.45) is 0 Å². The number of aromatic nitrogens is 2. The number of hydrogen-bond donors (Lipinski definition) is 1. The minimum Gasteiger partial charge on any atom is -0.338 e. The SMILES string of the molecule is CN1CCN(c2ncc(C(=O)Nc3ccccc3)cn2)CC1. The maximum atomic E-state index is 12.1. The highest BCUT2D eigenvalue weighted by Gasteiger charge is 2.17. The summed E-state index contributed by atoms with van der Waals surface area (Å²) in [6.07, 6.45) is 3.16. The number of nitrogens with one attached hydrogen (secondary N) is 1. The molecule has 0 bridgehead atoms. The molecule has 0 radical (unpaired) electrons. The molecule has 114 valence electrons. The van der Waals surface area contributed by atoms with Crippen LogP contribution in [0.3, 0.4) is 0 Å². The standard InChI is InChI=1S/C16H19N5O/c1-20-7-9-21(10-8-20)16-17-11-13(12-18-16)15(22)19-14-5-3-2-4-6-14/h2-6,11-12H,7-10H2,1H3,(H,19,22). The van der Waals surface area contributed by atoms with E-state index in [0.29, 0.717) is 11.5 Å². The summed E-state index contributed by atoms with van der Waals surface area (Å²) in [6.45, 7) is 3.82. The van der Waals surface area contributed by atoms with E-state index in [-0.39, 0.29) is 5.91 Å². The average Bonchev–Trinajstić information content (AvgIpc) is 2.57. The topological polar surface area (TPSA) is 61.4 Å². The molecule has 1 aromatic carbocycles. The van der Waals surface area contributed by atoms with Crippen molar-refractivity contribution >= 4 is 17.5 Å². The maximum Gasteiger partial charge on any atom is 0.258 e. The van der Waals surface area contributed by atoms with Crippen LogP contribution in [0, 0.1) is 0 Å². The van der Waals surface area contributed by atoms with Gasteiger partial charge in [0, 0.05) is 44.3 Å². The van der Waals surface area contributed by atoms with E-state index in [2.05, 4.69) is 32.1 Å². The zero-order valence-electron chi connectivity index (χ0n) is 12.6. The van der Waals surface area contributed by atoms with E-state index >= 15 is 0 Å². The second-order valence-corrected chi connectivity index (χ2v) is 5.38.